The SMILES string of the molecule is CC(=O)C1CCc2ccccc2O1. The predicted molar refractivity (Wildman–Crippen MR) is 49.9 cm³/mol. The molecule has 0 bridgehead atoms. The van der Waals surface area contributed by atoms with Gasteiger partial charge in [-0.15, -0.1) is 0 Å². The molecule has 2 rings (SSSR count). The highest BCUT2D eigenvalue weighted by Crippen LogP contribution is 2.27. The van der Waals surface area contributed by atoms with Gasteiger partial charge in [-0.1, -0.05) is 18.2 Å². The zero-order valence-corrected chi connectivity index (χ0v) is 7.62. The van der Waals surface area contributed by atoms with Crippen molar-refractivity contribution >= 4 is 5.78 Å². The van der Waals surface area contributed by atoms with Crippen LogP contribution in [0.1, 0.15) is 18.9 Å². The molecule has 1 aliphatic rings. The molecule has 1 atom stereocenters. The molecule has 0 fully saturated rings. The fourth-order valence-corrected chi connectivity index (χ4v) is 1.61. The zero-order valence-electron chi connectivity index (χ0n) is 7.62. The maximum absolute atomic E-state index is 11.1. The lowest BCUT2D eigenvalue weighted by Gasteiger charge is -2.23. The van der Waals surface area contributed by atoms with E-state index in [1.807, 2.05) is 24.3 Å². The van der Waals surface area contributed by atoms with Crippen molar-refractivity contribution in [2.75, 3.05) is 0 Å². The van der Waals surface area contributed by atoms with Gasteiger partial charge in [0.05, 0.1) is 0 Å². The molecule has 0 N–H and O–H groups in total. The van der Waals surface area contributed by atoms with E-state index < -0.39 is 0 Å². The zero-order chi connectivity index (χ0) is 9.26. The van der Waals surface area contributed by atoms with Gasteiger partial charge in [-0.05, 0) is 31.4 Å². The number of hydrogen-bond acceptors (Lipinski definition) is 2. The van der Waals surface area contributed by atoms with Crippen LogP contribution in [0.25, 0.3) is 0 Å². The lowest BCUT2D eigenvalue weighted by Crippen LogP contribution is -2.29. The van der Waals surface area contributed by atoms with Gasteiger partial charge in [-0.2, -0.15) is 0 Å². The molecule has 0 aromatic heterocycles. The Morgan fingerprint density at radius 3 is 3.00 bits per heavy atom. The summed E-state index contributed by atoms with van der Waals surface area (Å²) in [5.74, 6) is 0.989. The number of ether oxygens (including phenoxy) is 1. The molecule has 1 aromatic carbocycles. The standard InChI is InChI=1S/C11H12O2/c1-8(12)10-7-6-9-4-2-3-5-11(9)13-10/h2-5,10H,6-7H2,1H3. The van der Waals surface area contributed by atoms with Crippen molar-refractivity contribution in [1.29, 1.82) is 0 Å². The molecule has 0 saturated carbocycles. The lowest BCUT2D eigenvalue weighted by molar-refractivity contribution is -0.124. The van der Waals surface area contributed by atoms with Crippen molar-refractivity contribution in [2.24, 2.45) is 0 Å². The van der Waals surface area contributed by atoms with Crippen LogP contribution in [0.4, 0.5) is 0 Å². The van der Waals surface area contributed by atoms with Crippen LogP contribution < -0.4 is 4.74 Å². The number of para-hydroxylation sites is 1. The molecule has 1 heterocycles. The van der Waals surface area contributed by atoms with E-state index in [0.717, 1.165) is 18.6 Å². The molecule has 2 nitrogen and oxygen atoms in total. The van der Waals surface area contributed by atoms with Gasteiger partial charge >= 0.3 is 0 Å². The van der Waals surface area contributed by atoms with E-state index in [9.17, 15) is 4.79 Å². The molecule has 0 radical (unpaired) electrons. The molecule has 1 unspecified atom stereocenters. The van der Waals surface area contributed by atoms with Gasteiger partial charge < -0.3 is 4.74 Å². The molecule has 1 aliphatic heterocycles. The number of fused-ring (bicyclic) bond motifs is 1. The molecule has 13 heavy (non-hydrogen) atoms. The van der Waals surface area contributed by atoms with Gasteiger partial charge in [0.1, 0.15) is 5.75 Å². The third kappa shape index (κ3) is 1.57. The average molecular weight is 176 g/mol. The van der Waals surface area contributed by atoms with Gasteiger partial charge in [0.15, 0.2) is 11.9 Å². The lowest BCUT2D eigenvalue weighted by atomic mass is 10.0. The molecule has 1 aromatic rings. The Kier molecular flexibility index (Phi) is 2.05. The van der Waals surface area contributed by atoms with Crippen molar-refractivity contribution in [1.82, 2.24) is 0 Å². The van der Waals surface area contributed by atoms with E-state index in [0.29, 0.717) is 0 Å². The second-order valence-corrected chi connectivity index (χ2v) is 3.36. The molecule has 0 saturated heterocycles. The van der Waals surface area contributed by atoms with Crippen LogP contribution in [-0.2, 0) is 11.2 Å². The molecule has 0 aliphatic carbocycles. The van der Waals surface area contributed by atoms with E-state index in [1.54, 1.807) is 6.92 Å². The first-order chi connectivity index (χ1) is 6.27. The Labute approximate surface area is 77.5 Å². The van der Waals surface area contributed by atoms with Crippen LogP contribution in [-0.4, -0.2) is 11.9 Å². The highest BCUT2D eigenvalue weighted by Gasteiger charge is 2.22. The minimum atomic E-state index is -0.227. The third-order valence-electron chi connectivity index (χ3n) is 2.37. The van der Waals surface area contributed by atoms with E-state index >= 15 is 0 Å². The highest BCUT2D eigenvalue weighted by atomic mass is 16.5. The van der Waals surface area contributed by atoms with E-state index in [4.69, 9.17) is 4.74 Å². The van der Waals surface area contributed by atoms with E-state index in [-0.39, 0.29) is 11.9 Å². The minimum Gasteiger partial charge on any atom is -0.482 e. The van der Waals surface area contributed by atoms with Crippen LogP contribution >= 0.6 is 0 Å². The second-order valence-electron chi connectivity index (χ2n) is 3.36. The Morgan fingerprint density at radius 1 is 1.46 bits per heavy atom. The summed E-state index contributed by atoms with van der Waals surface area (Å²) in [5, 5.41) is 0. The minimum absolute atomic E-state index is 0.120. The predicted octanol–water partition coefficient (Wildman–Crippen LogP) is 1.97. The fourth-order valence-electron chi connectivity index (χ4n) is 1.61. The van der Waals surface area contributed by atoms with Crippen LogP contribution in [0.3, 0.4) is 0 Å². The van der Waals surface area contributed by atoms with Gasteiger partial charge in [0.2, 0.25) is 0 Å². The number of benzene rings is 1. The number of Topliss-reactive ketones (excluding diaryl/α,β-unsaturated/α-hetero) is 1. The summed E-state index contributed by atoms with van der Waals surface area (Å²) in [6.45, 7) is 1.58. The summed E-state index contributed by atoms with van der Waals surface area (Å²) in [6.07, 6.45) is 1.53. The Balaban J connectivity index is 2.24. The highest BCUT2D eigenvalue weighted by molar-refractivity contribution is 5.81. The van der Waals surface area contributed by atoms with Gasteiger partial charge in [-0.3, -0.25) is 4.79 Å². The maximum atomic E-state index is 11.1. The number of ketones is 1. The van der Waals surface area contributed by atoms with Crippen molar-refractivity contribution in [2.45, 2.75) is 25.9 Å². The van der Waals surface area contributed by atoms with Crippen molar-refractivity contribution in [3.05, 3.63) is 29.8 Å². The first kappa shape index (κ1) is 8.30. The van der Waals surface area contributed by atoms with Crippen molar-refractivity contribution in [3.63, 3.8) is 0 Å². The van der Waals surface area contributed by atoms with Crippen molar-refractivity contribution in [3.8, 4) is 5.75 Å². The molecule has 0 amide bonds. The second kappa shape index (κ2) is 3.21. The monoisotopic (exact) mass is 176 g/mol. The normalized spacial score (nSPS) is 20.2. The van der Waals surface area contributed by atoms with Gasteiger partial charge in [0.25, 0.3) is 0 Å². The summed E-state index contributed by atoms with van der Waals surface area (Å²) >= 11 is 0. The molecule has 2 heteroatoms. The van der Waals surface area contributed by atoms with Crippen LogP contribution in [0, 0.1) is 0 Å². The molecular formula is C11H12O2. The number of carbonyl (C=O) groups is 1. The quantitative estimate of drug-likeness (QED) is 0.654. The number of rotatable bonds is 1. The topological polar surface area (TPSA) is 26.3 Å². The average Bonchev–Trinajstić information content (AvgIpc) is 2.17. The largest absolute Gasteiger partial charge is 0.482 e. The summed E-state index contributed by atoms with van der Waals surface area (Å²) in [6, 6.07) is 7.90. The molecule has 0 spiro atoms. The Bertz CT molecular complexity index is 331. The fraction of sp³-hybridized carbons (Fsp3) is 0.364. The van der Waals surface area contributed by atoms with Crippen LogP contribution in [0.5, 0.6) is 5.75 Å². The first-order valence-corrected chi connectivity index (χ1v) is 4.52. The van der Waals surface area contributed by atoms with Crippen molar-refractivity contribution < 1.29 is 9.53 Å². The van der Waals surface area contributed by atoms with E-state index in [2.05, 4.69) is 0 Å². The maximum Gasteiger partial charge on any atom is 0.170 e. The van der Waals surface area contributed by atoms with Gasteiger partial charge in [0, 0.05) is 0 Å². The Hall–Kier alpha value is -1.31. The summed E-state index contributed by atoms with van der Waals surface area (Å²) in [7, 11) is 0. The number of carbonyl (C=O) groups excluding carboxylic acids is 1. The third-order valence-corrected chi connectivity index (χ3v) is 2.37. The number of aryl methyl sites for hydroxylation is 1. The molecular weight excluding hydrogens is 164 g/mol. The first-order valence-electron chi connectivity index (χ1n) is 4.52. The van der Waals surface area contributed by atoms with Crippen LogP contribution in [0.15, 0.2) is 24.3 Å². The smallest absolute Gasteiger partial charge is 0.170 e. The summed E-state index contributed by atoms with van der Waals surface area (Å²) in [4.78, 5) is 11.1. The summed E-state index contributed by atoms with van der Waals surface area (Å²) in [5.41, 5.74) is 1.21. The van der Waals surface area contributed by atoms with E-state index in [1.165, 1.54) is 5.56 Å². The Morgan fingerprint density at radius 2 is 2.23 bits per heavy atom. The van der Waals surface area contributed by atoms with Crippen LogP contribution in [0.2, 0.25) is 0 Å². The molecule has 68 valence electrons. The summed E-state index contributed by atoms with van der Waals surface area (Å²) < 4.78 is 5.54. The van der Waals surface area contributed by atoms with Gasteiger partial charge in [-0.25, -0.2) is 0 Å². The number of hydrogen-bond donors (Lipinski definition) is 0.